The molecule has 0 radical (unpaired) electrons. The Morgan fingerprint density at radius 1 is 1.06 bits per heavy atom. The van der Waals surface area contributed by atoms with Gasteiger partial charge >= 0.3 is 5.97 Å². The van der Waals surface area contributed by atoms with E-state index in [2.05, 4.69) is 5.32 Å². The average molecular weight is 464 g/mol. The molecule has 2 aromatic carbocycles. The van der Waals surface area contributed by atoms with Crippen molar-refractivity contribution in [1.82, 2.24) is 0 Å². The van der Waals surface area contributed by atoms with Crippen molar-refractivity contribution in [3.05, 3.63) is 94.3 Å². The standard InChI is InChI=1S/C24H17FN2O7/c25-18-11-4-3-10-17(18)20(28)19(22-15-8-1-2-9-16(15)24(31)34-22)21(29)23(30)26-13-6-5-7-14(12-13)27(32)33/h1-12,15-16,19,22H,(H,26,30)/t15-,16+,19+,22-/m1/s1. The molecule has 0 aromatic heterocycles. The van der Waals surface area contributed by atoms with Crippen LogP contribution < -0.4 is 5.32 Å². The van der Waals surface area contributed by atoms with Crippen LogP contribution in [-0.2, 0) is 19.1 Å². The topological polar surface area (TPSA) is 133 Å². The second kappa shape index (κ2) is 9.18. The Hall–Kier alpha value is -4.47. The number of Topliss-reactive ketones (excluding diaryl/α,β-unsaturated/α-hetero) is 2. The maximum Gasteiger partial charge on any atom is 0.313 e. The molecule has 1 heterocycles. The smallest absolute Gasteiger partial charge is 0.313 e. The van der Waals surface area contributed by atoms with Gasteiger partial charge < -0.3 is 10.1 Å². The number of hydrogen-bond donors (Lipinski definition) is 1. The number of nitrogens with one attached hydrogen (secondary N) is 1. The molecule has 34 heavy (non-hydrogen) atoms. The first-order valence-corrected chi connectivity index (χ1v) is 10.2. The molecule has 2 aromatic rings. The van der Waals surface area contributed by atoms with Gasteiger partial charge in [-0.1, -0.05) is 42.5 Å². The van der Waals surface area contributed by atoms with Crippen molar-refractivity contribution in [2.75, 3.05) is 5.32 Å². The fourth-order valence-electron chi connectivity index (χ4n) is 4.03. The molecular formula is C24H17FN2O7. The fraction of sp³-hybridized carbons (Fsp3) is 0.167. The van der Waals surface area contributed by atoms with Gasteiger partial charge in [0, 0.05) is 23.7 Å². The Morgan fingerprint density at radius 2 is 1.79 bits per heavy atom. The zero-order valence-corrected chi connectivity index (χ0v) is 17.4. The van der Waals surface area contributed by atoms with Crippen LogP contribution in [0.15, 0.2) is 72.8 Å². The number of nitro groups is 1. The summed E-state index contributed by atoms with van der Waals surface area (Å²) in [5, 5.41) is 13.2. The monoisotopic (exact) mass is 464 g/mol. The highest BCUT2D eigenvalue weighted by atomic mass is 19.1. The van der Waals surface area contributed by atoms with Crippen molar-refractivity contribution >= 4 is 34.8 Å². The highest BCUT2D eigenvalue weighted by Gasteiger charge is 2.52. The van der Waals surface area contributed by atoms with E-state index in [-0.39, 0.29) is 11.4 Å². The van der Waals surface area contributed by atoms with Gasteiger partial charge in [-0.3, -0.25) is 29.3 Å². The van der Waals surface area contributed by atoms with Gasteiger partial charge in [0.2, 0.25) is 5.78 Å². The number of allylic oxidation sites excluding steroid dienone is 2. The van der Waals surface area contributed by atoms with Crippen molar-refractivity contribution in [1.29, 1.82) is 0 Å². The van der Waals surface area contributed by atoms with Crippen LogP contribution in [0.3, 0.4) is 0 Å². The Labute approximate surface area is 192 Å². The number of esters is 1. The van der Waals surface area contributed by atoms with Gasteiger partial charge in [0.15, 0.2) is 5.78 Å². The minimum Gasteiger partial charge on any atom is -0.460 e. The first-order chi connectivity index (χ1) is 16.3. The van der Waals surface area contributed by atoms with Gasteiger partial charge in [-0.2, -0.15) is 0 Å². The fourth-order valence-corrected chi connectivity index (χ4v) is 4.03. The number of cyclic esters (lactones) is 1. The van der Waals surface area contributed by atoms with Crippen LogP contribution in [0, 0.1) is 33.7 Å². The number of carbonyl (C=O) groups excluding carboxylic acids is 4. The van der Waals surface area contributed by atoms with E-state index in [9.17, 15) is 33.7 Å². The molecule has 4 atom stereocenters. The van der Waals surface area contributed by atoms with E-state index < -0.39 is 63.6 Å². The normalized spacial score (nSPS) is 21.3. The number of hydrogen-bond acceptors (Lipinski definition) is 7. The summed E-state index contributed by atoms with van der Waals surface area (Å²) in [5.74, 6) is -8.40. The summed E-state index contributed by atoms with van der Waals surface area (Å²) in [4.78, 5) is 62.0. The second-order valence-electron chi connectivity index (χ2n) is 7.72. The van der Waals surface area contributed by atoms with E-state index in [1.54, 1.807) is 24.3 Å². The van der Waals surface area contributed by atoms with E-state index in [1.807, 2.05) is 0 Å². The van der Waals surface area contributed by atoms with Crippen molar-refractivity contribution in [3.8, 4) is 0 Å². The van der Waals surface area contributed by atoms with Gasteiger partial charge in [0.1, 0.15) is 17.8 Å². The van der Waals surface area contributed by atoms with E-state index in [0.29, 0.717) is 0 Å². The third-order valence-electron chi connectivity index (χ3n) is 5.65. The van der Waals surface area contributed by atoms with E-state index in [1.165, 1.54) is 36.4 Å². The minimum absolute atomic E-state index is 0.0496. The Bertz CT molecular complexity index is 1270. The van der Waals surface area contributed by atoms with Gasteiger partial charge in [-0.25, -0.2) is 4.39 Å². The largest absolute Gasteiger partial charge is 0.460 e. The Morgan fingerprint density at radius 3 is 2.53 bits per heavy atom. The number of ketones is 2. The maximum atomic E-state index is 14.4. The van der Waals surface area contributed by atoms with Gasteiger partial charge in [0.25, 0.3) is 11.6 Å². The van der Waals surface area contributed by atoms with E-state index in [0.717, 1.165) is 12.1 Å². The van der Waals surface area contributed by atoms with Crippen LogP contribution in [0.5, 0.6) is 0 Å². The Kier molecular flexibility index (Phi) is 6.13. The molecule has 0 bridgehead atoms. The minimum atomic E-state index is -1.83. The lowest BCUT2D eigenvalue weighted by molar-refractivity contribution is -0.384. The number of fused-ring (bicyclic) bond motifs is 1. The van der Waals surface area contributed by atoms with E-state index in [4.69, 9.17) is 4.74 Å². The molecule has 1 fully saturated rings. The SMILES string of the molecule is O=C(Nc1cccc([N+](=O)[O-])c1)C(=O)[C@H](C(=O)c1ccccc1F)[C@@H]1OC(=O)[C@H]2C=CC=C[C@@H]12. The second-order valence-corrected chi connectivity index (χ2v) is 7.72. The van der Waals surface area contributed by atoms with Crippen LogP contribution >= 0.6 is 0 Å². The summed E-state index contributed by atoms with van der Waals surface area (Å²) in [5.41, 5.74) is -0.804. The maximum absolute atomic E-state index is 14.4. The molecule has 1 amide bonds. The molecule has 0 saturated carbocycles. The number of benzene rings is 2. The molecule has 1 aliphatic heterocycles. The lowest BCUT2D eigenvalue weighted by atomic mass is 9.77. The highest BCUT2D eigenvalue weighted by molar-refractivity contribution is 6.45. The highest BCUT2D eigenvalue weighted by Crippen LogP contribution is 2.38. The lowest BCUT2D eigenvalue weighted by Crippen LogP contribution is -2.44. The number of non-ortho nitro benzene ring substituents is 1. The van der Waals surface area contributed by atoms with Crippen molar-refractivity contribution in [2.45, 2.75) is 6.10 Å². The molecule has 172 valence electrons. The molecule has 0 spiro atoms. The van der Waals surface area contributed by atoms with Gasteiger partial charge in [-0.15, -0.1) is 0 Å². The van der Waals surface area contributed by atoms with Crippen LogP contribution in [-0.4, -0.2) is 34.5 Å². The summed E-state index contributed by atoms with van der Waals surface area (Å²) >= 11 is 0. The predicted octanol–water partition coefficient (Wildman–Crippen LogP) is 3.02. The first-order valence-electron chi connectivity index (χ1n) is 10.2. The van der Waals surface area contributed by atoms with E-state index >= 15 is 0 Å². The number of ether oxygens (including phenoxy) is 1. The van der Waals surface area contributed by atoms with Crippen molar-refractivity contribution < 1.29 is 33.2 Å². The number of anilines is 1. The number of nitro benzene ring substituents is 1. The molecule has 10 heteroatoms. The molecular weight excluding hydrogens is 447 g/mol. The number of carbonyl (C=O) groups is 4. The molecule has 0 unspecified atom stereocenters. The van der Waals surface area contributed by atoms with Crippen molar-refractivity contribution in [3.63, 3.8) is 0 Å². The number of amides is 1. The number of rotatable bonds is 7. The number of nitrogens with zero attached hydrogens (tertiary/aromatic N) is 1. The molecule has 2 aliphatic rings. The lowest BCUT2D eigenvalue weighted by Gasteiger charge is -2.25. The van der Waals surface area contributed by atoms with Crippen LogP contribution in [0.2, 0.25) is 0 Å². The van der Waals surface area contributed by atoms with Crippen LogP contribution in [0.4, 0.5) is 15.8 Å². The quantitative estimate of drug-likeness (QED) is 0.166. The van der Waals surface area contributed by atoms with Crippen molar-refractivity contribution in [2.24, 2.45) is 17.8 Å². The summed E-state index contributed by atoms with van der Waals surface area (Å²) < 4.78 is 19.7. The Balaban J connectivity index is 1.68. The third-order valence-corrected chi connectivity index (χ3v) is 5.65. The third kappa shape index (κ3) is 4.25. The average Bonchev–Trinajstić information content (AvgIpc) is 3.15. The zero-order chi connectivity index (χ0) is 24.4. The number of halogens is 1. The van der Waals surface area contributed by atoms with Crippen LogP contribution in [0.1, 0.15) is 10.4 Å². The molecule has 9 nitrogen and oxygen atoms in total. The molecule has 1 aliphatic carbocycles. The predicted molar refractivity (Wildman–Crippen MR) is 116 cm³/mol. The zero-order valence-electron chi connectivity index (χ0n) is 17.4. The molecule has 1 saturated heterocycles. The summed E-state index contributed by atoms with van der Waals surface area (Å²) in [6.07, 6.45) is 5.05. The molecule has 1 N–H and O–H groups in total. The van der Waals surface area contributed by atoms with Gasteiger partial charge in [0.05, 0.1) is 16.4 Å². The summed E-state index contributed by atoms with van der Waals surface area (Å²) in [7, 11) is 0. The first kappa shape index (κ1) is 22.7. The molecule has 4 rings (SSSR count). The summed E-state index contributed by atoms with van der Waals surface area (Å²) in [6.45, 7) is 0. The van der Waals surface area contributed by atoms with Crippen LogP contribution in [0.25, 0.3) is 0 Å². The van der Waals surface area contributed by atoms with Gasteiger partial charge in [-0.05, 0) is 18.2 Å². The summed E-state index contributed by atoms with van der Waals surface area (Å²) in [6, 6.07) is 9.83.